The summed E-state index contributed by atoms with van der Waals surface area (Å²) < 4.78 is 28.5. The summed E-state index contributed by atoms with van der Waals surface area (Å²) in [6.45, 7) is 1.34. The molecule has 1 fully saturated rings. The van der Waals surface area contributed by atoms with Crippen LogP contribution in [-0.2, 0) is 10.0 Å². The normalized spacial score (nSPS) is 13.9. The molecule has 11 heteroatoms. The molecule has 0 unspecified atom stereocenters. The number of phenols is 1. The van der Waals surface area contributed by atoms with E-state index in [1.807, 2.05) is 0 Å². The summed E-state index contributed by atoms with van der Waals surface area (Å²) in [6.07, 6.45) is 3.07. The number of amides is 2. The van der Waals surface area contributed by atoms with Gasteiger partial charge >= 0.3 is 0 Å². The maximum atomic E-state index is 13.0. The molecule has 0 bridgehead atoms. The second-order valence-electron chi connectivity index (χ2n) is 8.47. The molecule has 0 aliphatic carbocycles. The number of rotatable bonds is 5. The molecule has 5 rings (SSSR count). The number of phenolic OH excluding ortho intramolecular Hbond substituents is 1. The molecule has 2 aromatic heterocycles. The van der Waals surface area contributed by atoms with Gasteiger partial charge in [-0.25, -0.2) is 8.42 Å². The number of aromatic hydroxyl groups is 1. The molecule has 0 radical (unpaired) electrons. The molecule has 2 amide bonds. The Morgan fingerprint density at radius 1 is 0.811 bits per heavy atom. The first-order valence-electron chi connectivity index (χ1n) is 11.5. The van der Waals surface area contributed by atoms with Gasteiger partial charge in [-0.2, -0.15) is 0 Å². The van der Waals surface area contributed by atoms with Crippen molar-refractivity contribution in [1.82, 2.24) is 19.8 Å². The summed E-state index contributed by atoms with van der Waals surface area (Å²) in [4.78, 5) is 37.1. The fraction of sp³-hybridized carbons (Fsp3) is 0.154. The van der Waals surface area contributed by atoms with Crippen molar-refractivity contribution in [2.75, 3.05) is 30.9 Å². The number of fused-ring (bicyclic) bond motifs is 1. The van der Waals surface area contributed by atoms with Crippen molar-refractivity contribution in [3.8, 4) is 5.75 Å². The molecule has 188 valence electrons. The van der Waals surface area contributed by atoms with Crippen LogP contribution in [0, 0.1) is 0 Å². The number of carbonyl (C=O) groups excluding carboxylic acids is 2. The van der Waals surface area contributed by atoms with Gasteiger partial charge in [0.05, 0.1) is 11.2 Å². The number of carbonyl (C=O) groups is 2. The summed E-state index contributed by atoms with van der Waals surface area (Å²) in [5.74, 6) is -0.900. The molecule has 4 aromatic rings. The minimum absolute atomic E-state index is 0.0247. The predicted octanol–water partition coefficient (Wildman–Crippen LogP) is 2.73. The molecular weight excluding hydrogens is 494 g/mol. The summed E-state index contributed by atoms with van der Waals surface area (Å²) >= 11 is 0. The van der Waals surface area contributed by atoms with Gasteiger partial charge in [-0.05, 0) is 42.5 Å². The molecule has 1 saturated heterocycles. The smallest absolute Gasteiger partial charge is 0.272 e. The molecule has 2 aromatic carbocycles. The third-order valence-electron chi connectivity index (χ3n) is 6.11. The quantitative estimate of drug-likeness (QED) is 0.389. The van der Waals surface area contributed by atoms with Crippen molar-refractivity contribution in [2.45, 2.75) is 4.90 Å². The third kappa shape index (κ3) is 4.94. The topological polar surface area (TPSA) is 133 Å². The number of hydrogen-bond acceptors (Lipinski definition) is 7. The van der Waals surface area contributed by atoms with Crippen molar-refractivity contribution >= 4 is 38.4 Å². The van der Waals surface area contributed by atoms with Crippen LogP contribution >= 0.6 is 0 Å². The second-order valence-corrected chi connectivity index (χ2v) is 10.1. The highest BCUT2D eigenvalue weighted by Gasteiger charge is 2.27. The van der Waals surface area contributed by atoms with Gasteiger partial charge in [-0.15, -0.1) is 0 Å². The Hall–Kier alpha value is -4.51. The Labute approximate surface area is 213 Å². The number of para-hydroxylation sites is 1. The maximum absolute atomic E-state index is 13.0. The van der Waals surface area contributed by atoms with Gasteiger partial charge in [0, 0.05) is 49.5 Å². The molecule has 1 aliphatic rings. The zero-order valence-electron chi connectivity index (χ0n) is 19.6. The van der Waals surface area contributed by atoms with Crippen LogP contribution in [0.25, 0.3) is 10.9 Å². The standard InChI is InChI=1S/C26H23N5O5S/c32-22-17-19(25(33)30-13-15-31(16-14-30)26(34)21-7-1-2-11-27-21)9-10-20(22)29-37(35,36)23-8-3-5-18-6-4-12-28-24(18)23/h1-12,17,29,32H,13-16H2. The summed E-state index contributed by atoms with van der Waals surface area (Å²) in [7, 11) is -4.06. The first-order chi connectivity index (χ1) is 17.8. The van der Waals surface area contributed by atoms with E-state index in [2.05, 4.69) is 14.7 Å². The number of benzene rings is 2. The van der Waals surface area contributed by atoms with Gasteiger partial charge in [0.1, 0.15) is 16.3 Å². The third-order valence-corrected chi connectivity index (χ3v) is 7.51. The Bertz CT molecular complexity index is 1580. The molecule has 0 atom stereocenters. The number of piperazine rings is 1. The fourth-order valence-electron chi connectivity index (χ4n) is 4.19. The van der Waals surface area contributed by atoms with Crippen LogP contribution in [0.3, 0.4) is 0 Å². The Morgan fingerprint density at radius 2 is 1.51 bits per heavy atom. The molecule has 37 heavy (non-hydrogen) atoms. The average Bonchev–Trinajstić information content (AvgIpc) is 2.93. The molecule has 1 aliphatic heterocycles. The lowest BCUT2D eigenvalue weighted by molar-refractivity contribution is 0.0532. The summed E-state index contributed by atoms with van der Waals surface area (Å²) in [5.41, 5.74) is 0.806. The molecule has 0 saturated carbocycles. The van der Waals surface area contributed by atoms with Gasteiger partial charge in [0.2, 0.25) is 0 Å². The predicted molar refractivity (Wildman–Crippen MR) is 137 cm³/mol. The number of hydrogen-bond donors (Lipinski definition) is 2. The minimum Gasteiger partial charge on any atom is -0.506 e. The van der Waals surface area contributed by atoms with Crippen LogP contribution in [-0.4, -0.2) is 71.3 Å². The number of anilines is 1. The van der Waals surface area contributed by atoms with E-state index in [4.69, 9.17) is 0 Å². The first-order valence-corrected chi connectivity index (χ1v) is 13.0. The van der Waals surface area contributed by atoms with Crippen molar-refractivity contribution in [3.63, 3.8) is 0 Å². The Kier molecular flexibility index (Phi) is 6.45. The lowest BCUT2D eigenvalue weighted by Gasteiger charge is -2.34. The summed E-state index contributed by atoms with van der Waals surface area (Å²) in [6, 6.07) is 17.4. The van der Waals surface area contributed by atoms with Crippen molar-refractivity contribution in [1.29, 1.82) is 0 Å². The number of aromatic nitrogens is 2. The van der Waals surface area contributed by atoms with E-state index in [-0.39, 0.29) is 33.7 Å². The summed E-state index contributed by atoms with van der Waals surface area (Å²) in [5, 5.41) is 11.2. The van der Waals surface area contributed by atoms with Gasteiger partial charge < -0.3 is 14.9 Å². The maximum Gasteiger partial charge on any atom is 0.272 e. The Balaban J connectivity index is 1.27. The second kappa shape index (κ2) is 9.86. The highest BCUT2D eigenvalue weighted by atomic mass is 32.2. The van der Waals surface area contributed by atoms with Gasteiger partial charge in [-0.1, -0.05) is 24.3 Å². The number of nitrogens with one attached hydrogen (secondary N) is 1. The van der Waals surface area contributed by atoms with Crippen LogP contribution in [0.4, 0.5) is 5.69 Å². The van der Waals surface area contributed by atoms with E-state index in [1.54, 1.807) is 58.5 Å². The van der Waals surface area contributed by atoms with Crippen LogP contribution in [0.1, 0.15) is 20.8 Å². The van der Waals surface area contributed by atoms with E-state index in [9.17, 15) is 23.1 Å². The highest BCUT2D eigenvalue weighted by Crippen LogP contribution is 2.29. The van der Waals surface area contributed by atoms with Gasteiger partial charge in [0.25, 0.3) is 21.8 Å². The van der Waals surface area contributed by atoms with Crippen LogP contribution < -0.4 is 4.72 Å². The molecule has 10 nitrogen and oxygen atoms in total. The zero-order chi connectivity index (χ0) is 26.0. The molecule has 2 N–H and O–H groups in total. The van der Waals surface area contributed by atoms with Crippen LogP contribution in [0.15, 0.2) is 84.0 Å². The van der Waals surface area contributed by atoms with Gasteiger partial charge in [-0.3, -0.25) is 24.3 Å². The van der Waals surface area contributed by atoms with Crippen molar-refractivity contribution in [3.05, 3.63) is 90.4 Å². The minimum atomic E-state index is -4.06. The van der Waals surface area contributed by atoms with Crippen LogP contribution in [0.5, 0.6) is 5.75 Å². The molecule has 3 heterocycles. The lowest BCUT2D eigenvalue weighted by Crippen LogP contribution is -2.50. The fourth-order valence-corrected chi connectivity index (χ4v) is 5.45. The lowest BCUT2D eigenvalue weighted by atomic mass is 10.1. The van der Waals surface area contributed by atoms with Crippen molar-refractivity contribution in [2.24, 2.45) is 0 Å². The van der Waals surface area contributed by atoms with Crippen molar-refractivity contribution < 1.29 is 23.1 Å². The highest BCUT2D eigenvalue weighted by molar-refractivity contribution is 7.93. The SMILES string of the molecule is O=C(c1ccc(NS(=O)(=O)c2cccc3cccnc23)c(O)c1)N1CCN(C(=O)c2ccccn2)CC1. The molecule has 0 spiro atoms. The van der Waals surface area contributed by atoms with E-state index >= 15 is 0 Å². The molecular formula is C26H23N5O5S. The van der Waals surface area contributed by atoms with E-state index in [1.165, 1.54) is 30.5 Å². The van der Waals surface area contributed by atoms with Crippen LogP contribution in [0.2, 0.25) is 0 Å². The van der Waals surface area contributed by atoms with E-state index in [0.29, 0.717) is 42.8 Å². The average molecular weight is 518 g/mol. The first kappa shape index (κ1) is 24.2. The number of pyridine rings is 2. The largest absolute Gasteiger partial charge is 0.506 e. The Morgan fingerprint density at radius 3 is 2.22 bits per heavy atom. The van der Waals surface area contributed by atoms with E-state index < -0.39 is 10.0 Å². The number of sulfonamides is 1. The number of nitrogens with zero attached hydrogens (tertiary/aromatic N) is 4. The monoisotopic (exact) mass is 517 g/mol. The van der Waals surface area contributed by atoms with Gasteiger partial charge in [0.15, 0.2) is 0 Å². The van der Waals surface area contributed by atoms with E-state index in [0.717, 1.165) is 0 Å². The zero-order valence-corrected chi connectivity index (χ0v) is 20.4.